The number of carboxylic acids is 1. The van der Waals surface area contributed by atoms with E-state index in [2.05, 4.69) is 5.32 Å². The van der Waals surface area contributed by atoms with Crippen molar-refractivity contribution in [2.75, 3.05) is 18.4 Å². The Morgan fingerprint density at radius 3 is 2.33 bits per heavy atom. The van der Waals surface area contributed by atoms with E-state index >= 15 is 0 Å². The maximum Gasteiger partial charge on any atom is 0.307 e. The van der Waals surface area contributed by atoms with E-state index in [0.717, 1.165) is 45.2 Å². The van der Waals surface area contributed by atoms with Crippen LogP contribution in [0.2, 0.25) is 0 Å². The number of thiophene rings is 1. The van der Waals surface area contributed by atoms with E-state index in [0.29, 0.717) is 10.6 Å². The van der Waals surface area contributed by atoms with Crippen molar-refractivity contribution in [1.82, 2.24) is 4.90 Å². The number of amides is 2. The molecule has 1 aromatic heterocycles. The molecule has 1 saturated heterocycles. The van der Waals surface area contributed by atoms with Gasteiger partial charge in [-0.15, -0.1) is 11.3 Å². The average molecular weight is 388 g/mol. The summed E-state index contributed by atoms with van der Waals surface area (Å²) in [5, 5.41) is 14.9. The maximum absolute atomic E-state index is 13.0. The summed E-state index contributed by atoms with van der Waals surface area (Å²) in [5.74, 6) is -2.63. The molecule has 0 spiro atoms. The summed E-state index contributed by atoms with van der Waals surface area (Å²) in [6.45, 7) is 1.50. The number of fused-ring (bicyclic) bond motifs is 2. The number of aliphatic carboxylic acids is 1. The molecule has 2 fully saturated rings. The summed E-state index contributed by atoms with van der Waals surface area (Å²) in [5.41, 5.74) is 0.513. The highest BCUT2D eigenvalue weighted by Crippen LogP contribution is 2.45. The Morgan fingerprint density at radius 2 is 1.70 bits per heavy atom. The molecular formula is C20H24N2O4S. The second kappa shape index (κ2) is 7.46. The molecule has 2 heterocycles. The van der Waals surface area contributed by atoms with Crippen LogP contribution in [-0.4, -0.2) is 40.9 Å². The van der Waals surface area contributed by atoms with E-state index < -0.39 is 17.8 Å². The highest BCUT2D eigenvalue weighted by molar-refractivity contribution is 7.14. The smallest absolute Gasteiger partial charge is 0.307 e. The molecule has 7 heteroatoms. The predicted octanol–water partition coefficient (Wildman–Crippen LogP) is 3.23. The normalized spacial score (nSPS) is 29.6. The minimum Gasteiger partial charge on any atom is -0.481 e. The van der Waals surface area contributed by atoms with Crippen molar-refractivity contribution in [3.63, 3.8) is 0 Å². The third-order valence-electron chi connectivity index (χ3n) is 6.11. The van der Waals surface area contributed by atoms with Gasteiger partial charge >= 0.3 is 5.97 Å². The lowest BCUT2D eigenvalue weighted by Gasteiger charge is -2.41. The Hall–Kier alpha value is -2.15. The van der Waals surface area contributed by atoms with Crippen molar-refractivity contribution in [1.29, 1.82) is 0 Å². The first-order valence-electron chi connectivity index (χ1n) is 9.65. The molecule has 4 atom stereocenters. The van der Waals surface area contributed by atoms with Crippen molar-refractivity contribution in [2.24, 2.45) is 23.7 Å². The largest absolute Gasteiger partial charge is 0.481 e. The standard InChI is InChI=1S/C20H24N2O4S/c23-17(15-12-4-6-13(7-5-12)16(15)20(25)26)21-18-14(8-11-27-18)19(24)22-9-2-1-3-10-22/h4,6,8,11-13,15-16H,1-3,5,7,9-10H2,(H,21,23)(H,25,26)/t12-,13-,15-,16+/m0/s1. The fourth-order valence-corrected chi connectivity index (χ4v) is 5.51. The third-order valence-corrected chi connectivity index (χ3v) is 6.94. The number of carboxylic acid groups (broad SMARTS) is 1. The molecule has 5 rings (SSSR count). The van der Waals surface area contributed by atoms with Crippen molar-refractivity contribution >= 4 is 34.1 Å². The Balaban J connectivity index is 1.52. The number of nitrogens with one attached hydrogen (secondary N) is 1. The number of likely N-dealkylation sites (tertiary alicyclic amines) is 1. The van der Waals surface area contributed by atoms with Crippen LogP contribution in [-0.2, 0) is 9.59 Å². The van der Waals surface area contributed by atoms with Gasteiger partial charge in [-0.25, -0.2) is 0 Å². The summed E-state index contributed by atoms with van der Waals surface area (Å²) in [6.07, 6.45) is 8.77. The van der Waals surface area contributed by atoms with Crippen LogP contribution in [0.5, 0.6) is 0 Å². The Kier molecular flexibility index (Phi) is 5.04. The number of hydrogen-bond acceptors (Lipinski definition) is 4. The number of piperidine rings is 1. The minimum absolute atomic E-state index is 0.0442. The molecule has 4 aliphatic rings. The van der Waals surface area contributed by atoms with Gasteiger partial charge in [-0.3, -0.25) is 14.4 Å². The molecule has 1 saturated carbocycles. The quantitative estimate of drug-likeness (QED) is 0.776. The van der Waals surface area contributed by atoms with E-state index in [1.807, 2.05) is 17.1 Å². The number of hydrogen-bond donors (Lipinski definition) is 2. The molecule has 144 valence electrons. The number of carbonyl (C=O) groups excluding carboxylic acids is 2. The Bertz CT molecular complexity index is 781. The summed E-state index contributed by atoms with van der Waals surface area (Å²) < 4.78 is 0. The second-order valence-corrected chi connectivity index (χ2v) is 8.60. The number of anilines is 1. The summed E-state index contributed by atoms with van der Waals surface area (Å²) in [7, 11) is 0. The van der Waals surface area contributed by atoms with Gasteiger partial charge in [0.25, 0.3) is 5.91 Å². The molecule has 2 bridgehead atoms. The summed E-state index contributed by atoms with van der Waals surface area (Å²) in [4.78, 5) is 39.4. The fraction of sp³-hybridized carbons (Fsp3) is 0.550. The van der Waals surface area contributed by atoms with Gasteiger partial charge in [0, 0.05) is 13.1 Å². The average Bonchev–Trinajstić information content (AvgIpc) is 3.16. The minimum atomic E-state index is -0.912. The zero-order valence-electron chi connectivity index (χ0n) is 15.1. The van der Waals surface area contributed by atoms with Crippen LogP contribution in [0, 0.1) is 23.7 Å². The molecule has 2 N–H and O–H groups in total. The number of carbonyl (C=O) groups is 3. The Labute approximate surface area is 162 Å². The van der Waals surface area contributed by atoms with Crippen LogP contribution in [0.4, 0.5) is 5.00 Å². The van der Waals surface area contributed by atoms with Crippen LogP contribution >= 0.6 is 11.3 Å². The maximum atomic E-state index is 13.0. The summed E-state index contributed by atoms with van der Waals surface area (Å²) in [6, 6.07) is 1.75. The SMILES string of the molecule is O=C(Nc1sccc1C(=O)N1CCCCC1)[C@@H]1[C@H](C(=O)O)[C@H]2C=C[C@H]1CC2. The third kappa shape index (κ3) is 3.40. The topological polar surface area (TPSA) is 86.7 Å². The van der Waals surface area contributed by atoms with Crippen LogP contribution in [0.3, 0.4) is 0 Å². The summed E-state index contributed by atoms with van der Waals surface area (Å²) >= 11 is 1.32. The second-order valence-electron chi connectivity index (χ2n) is 7.69. The van der Waals surface area contributed by atoms with E-state index in [9.17, 15) is 19.5 Å². The lowest BCUT2D eigenvalue weighted by Crippen LogP contribution is -2.47. The first kappa shape index (κ1) is 18.2. The molecular weight excluding hydrogens is 364 g/mol. The molecule has 3 aliphatic carbocycles. The number of allylic oxidation sites excluding steroid dienone is 2. The molecule has 6 nitrogen and oxygen atoms in total. The Morgan fingerprint density at radius 1 is 1.04 bits per heavy atom. The van der Waals surface area contributed by atoms with Gasteiger partial charge in [-0.05, 0) is 55.4 Å². The van der Waals surface area contributed by atoms with E-state index in [-0.39, 0.29) is 23.7 Å². The number of rotatable bonds is 4. The van der Waals surface area contributed by atoms with Crippen molar-refractivity contribution < 1.29 is 19.5 Å². The van der Waals surface area contributed by atoms with Crippen molar-refractivity contribution in [3.8, 4) is 0 Å². The van der Waals surface area contributed by atoms with E-state index in [4.69, 9.17) is 0 Å². The molecule has 1 aliphatic heterocycles. The lowest BCUT2D eigenvalue weighted by molar-refractivity contribution is -0.151. The number of nitrogens with zero attached hydrogens (tertiary/aromatic N) is 1. The van der Waals surface area contributed by atoms with Gasteiger partial charge in [0.2, 0.25) is 5.91 Å². The van der Waals surface area contributed by atoms with Gasteiger partial charge in [-0.2, -0.15) is 0 Å². The molecule has 1 aromatic rings. The van der Waals surface area contributed by atoms with Crippen LogP contribution in [0.25, 0.3) is 0 Å². The fourth-order valence-electron chi connectivity index (χ4n) is 4.73. The first-order chi connectivity index (χ1) is 13.1. The highest BCUT2D eigenvalue weighted by atomic mass is 32.1. The molecule has 2 amide bonds. The lowest BCUT2D eigenvalue weighted by atomic mass is 9.62. The molecule has 0 radical (unpaired) electrons. The van der Waals surface area contributed by atoms with E-state index in [1.165, 1.54) is 11.3 Å². The van der Waals surface area contributed by atoms with Gasteiger partial charge in [0.1, 0.15) is 5.00 Å². The highest BCUT2D eigenvalue weighted by Gasteiger charge is 2.48. The predicted molar refractivity (Wildman–Crippen MR) is 103 cm³/mol. The van der Waals surface area contributed by atoms with Crippen LogP contribution in [0.15, 0.2) is 23.6 Å². The van der Waals surface area contributed by atoms with Crippen molar-refractivity contribution in [3.05, 3.63) is 29.2 Å². The van der Waals surface area contributed by atoms with Gasteiger partial charge in [0.05, 0.1) is 17.4 Å². The van der Waals surface area contributed by atoms with Gasteiger partial charge in [0.15, 0.2) is 0 Å². The first-order valence-corrected chi connectivity index (χ1v) is 10.5. The molecule has 0 unspecified atom stereocenters. The molecule has 0 aromatic carbocycles. The zero-order valence-corrected chi connectivity index (χ0v) is 15.9. The van der Waals surface area contributed by atoms with Gasteiger partial charge in [-0.1, -0.05) is 12.2 Å². The van der Waals surface area contributed by atoms with Crippen LogP contribution < -0.4 is 5.32 Å². The molecule has 27 heavy (non-hydrogen) atoms. The van der Waals surface area contributed by atoms with Crippen LogP contribution in [0.1, 0.15) is 42.5 Å². The monoisotopic (exact) mass is 388 g/mol. The van der Waals surface area contributed by atoms with E-state index in [1.54, 1.807) is 11.4 Å². The van der Waals surface area contributed by atoms with Gasteiger partial charge < -0.3 is 15.3 Å². The van der Waals surface area contributed by atoms with Crippen molar-refractivity contribution in [2.45, 2.75) is 32.1 Å². The zero-order chi connectivity index (χ0) is 19.0.